The van der Waals surface area contributed by atoms with Gasteiger partial charge in [0.05, 0.1) is 0 Å². The molecule has 108 valence electrons. The van der Waals surface area contributed by atoms with Crippen LogP contribution in [0.1, 0.15) is 42.4 Å². The van der Waals surface area contributed by atoms with Crippen LogP contribution in [0.5, 0.6) is 5.75 Å². The minimum Gasteiger partial charge on any atom is -0.485 e. The number of rotatable bonds is 5. The van der Waals surface area contributed by atoms with E-state index in [4.69, 9.17) is 14.9 Å². The highest BCUT2D eigenvalue weighted by Crippen LogP contribution is 2.30. The summed E-state index contributed by atoms with van der Waals surface area (Å²) in [6, 6.07) is 8.03. The minimum atomic E-state index is 0.403. The number of benzene rings is 1. The Morgan fingerprint density at radius 1 is 1.30 bits per heavy atom. The van der Waals surface area contributed by atoms with E-state index in [2.05, 4.69) is 35.8 Å². The summed E-state index contributed by atoms with van der Waals surface area (Å²) in [5.74, 6) is 2.97. The normalized spacial score (nSPS) is 11.1. The third kappa shape index (κ3) is 3.44. The van der Waals surface area contributed by atoms with Gasteiger partial charge >= 0.3 is 0 Å². The molecule has 1 heterocycles. The maximum Gasteiger partial charge on any atom is 0.146 e. The van der Waals surface area contributed by atoms with Gasteiger partial charge in [0, 0.05) is 16.6 Å². The van der Waals surface area contributed by atoms with Gasteiger partial charge in [-0.05, 0) is 42.7 Å². The fraction of sp³-hybridized carbons (Fsp3) is 0.375. The smallest absolute Gasteiger partial charge is 0.146 e. The molecule has 0 saturated heterocycles. The van der Waals surface area contributed by atoms with Crippen molar-refractivity contribution in [3.05, 3.63) is 51.4 Å². The van der Waals surface area contributed by atoms with E-state index in [1.807, 2.05) is 25.1 Å². The lowest BCUT2D eigenvalue weighted by Gasteiger charge is -2.13. The number of furan rings is 1. The van der Waals surface area contributed by atoms with Crippen LogP contribution in [0, 0.1) is 6.92 Å². The average Bonchev–Trinajstić information content (AvgIpc) is 2.77. The molecule has 1 aromatic carbocycles. The van der Waals surface area contributed by atoms with Gasteiger partial charge in [-0.1, -0.05) is 29.8 Å². The molecule has 0 amide bonds. The lowest BCUT2D eigenvalue weighted by atomic mass is 10.0. The first-order valence-electron chi connectivity index (χ1n) is 6.71. The van der Waals surface area contributed by atoms with Crippen LogP contribution in [0.25, 0.3) is 0 Å². The Bertz CT molecular complexity index is 590. The zero-order chi connectivity index (χ0) is 14.7. The Balaban J connectivity index is 2.14. The van der Waals surface area contributed by atoms with Crippen molar-refractivity contribution >= 4 is 15.9 Å². The molecule has 0 saturated carbocycles. The van der Waals surface area contributed by atoms with Gasteiger partial charge in [-0.3, -0.25) is 0 Å². The van der Waals surface area contributed by atoms with Gasteiger partial charge in [-0.25, -0.2) is 0 Å². The third-order valence-corrected chi connectivity index (χ3v) is 3.75. The van der Waals surface area contributed by atoms with Crippen molar-refractivity contribution < 1.29 is 9.15 Å². The molecule has 4 heteroatoms. The van der Waals surface area contributed by atoms with Gasteiger partial charge in [-0.15, -0.1) is 0 Å². The molecule has 2 rings (SSSR count). The Hall–Kier alpha value is -1.26. The van der Waals surface area contributed by atoms with Gasteiger partial charge < -0.3 is 14.9 Å². The predicted octanol–water partition coefficient (Wildman–Crippen LogP) is 4.51. The zero-order valence-electron chi connectivity index (χ0n) is 12.1. The van der Waals surface area contributed by atoms with E-state index in [1.54, 1.807) is 0 Å². The van der Waals surface area contributed by atoms with Crippen LogP contribution >= 0.6 is 15.9 Å². The van der Waals surface area contributed by atoms with Gasteiger partial charge in [0.25, 0.3) is 0 Å². The van der Waals surface area contributed by atoms with Crippen LogP contribution in [-0.4, -0.2) is 0 Å². The molecule has 20 heavy (non-hydrogen) atoms. The SMILES string of the molecule is Cc1oc(COc2ccc(Br)cc2C(C)C)cc1CN. The van der Waals surface area contributed by atoms with Crippen LogP contribution in [0.15, 0.2) is 33.2 Å². The van der Waals surface area contributed by atoms with E-state index >= 15 is 0 Å². The number of ether oxygens (including phenoxy) is 1. The molecule has 3 nitrogen and oxygen atoms in total. The molecular weight excluding hydrogens is 318 g/mol. The molecule has 1 aromatic heterocycles. The molecule has 0 atom stereocenters. The van der Waals surface area contributed by atoms with E-state index < -0.39 is 0 Å². The highest BCUT2D eigenvalue weighted by atomic mass is 79.9. The molecule has 2 N–H and O–H groups in total. The van der Waals surface area contributed by atoms with E-state index in [9.17, 15) is 0 Å². The molecule has 0 aliphatic rings. The Kier molecular flexibility index (Phi) is 4.89. The number of nitrogens with two attached hydrogens (primary N) is 1. The monoisotopic (exact) mass is 337 g/mol. The van der Waals surface area contributed by atoms with Crippen molar-refractivity contribution in [2.24, 2.45) is 5.73 Å². The number of hydrogen-bond donors (Lipinski definition) is 1. The first-order valence-corrected chi connectivity index (χ1v) is 7.51. The Morgan fingerprint density at radius 2 is 2.05 bits per heavy atom. The van der Waals surface area contributed by atoms with Crippen LogP contribution in [0.4, 0.5) is 0 Å². The fourth-order valence-corrected chi connectivity index (χ4v) is 2.49. The van der Waals surface area contributed by atoms with Gasteiger partial charge in [0.2, 0.25) is 0 Å². The van der Waals surface area contributed by atoms with E-state index in [0.717, 1.165) is 27.3 Å². The molecule has 0 bridgehead atoms. The topological polar surface area (TPSA) is 48.4 Å². The van der Waals surface area contributed by atoms with E-state index in [1.165, 1.54) is 5.56 Å². The summed E-state index contributed by atoms with van der Waals surface area (Å²) in [5, 5.41) is 0. The third-order valence-electron chi connectivity index (χ3n) is 3.26. The summed E-state index contributed by atoms with van der Waals surface area (Å²) in [4.78, 5) is 0. The molecule has 2 aromatic rings. The molecule has 0 fully saturated rings. The molecular formula is C16H20BrNO2. The zero-order valence-corrected chi connectivity index (χ0v) is 13.7. The Morgan fingerprint density at radius 3 is 2.65 bits per heavy atom. The maximum atomic E-state index is 5.90. The molecule has 0 radical (unpaired) electrons. The summed E-state index contributed by atoms with van der Waals surface area (Å²) in [5.41, 5.74) is 7.86. The fourth-order valence-electron chi connectivity index (χ4n) is 2.11. The quantitative estimate of drug-likeness (QED) is 0.872. The number of halogens is 1. The highest BCUT2D eigenvalue weighted by Gasteiger charge is 2.11. The van der Waals surface area contributed by atoms with Crippen molar-refractivity contribution in [1.29, 1.82) is 0 Å². The number of aryl methyl sites for hydroxylation is 1. The van der Waals surface area contributed by atoms with Gasteiger partial charge in [-0.2, -0.15) is 0 Å². The average molecular weight is 338 g/mol. The standard InChI is InChI=1S/C16H20BrNO2/c1-10(2)15-7-13(17)4-5-16(15)19-9-14-6-12(8-18)11(3)20-14/h4-7,10H,8-9,18H2,1-3H3. The maximum absolute atomic E-state index is 5.90. The first kappa shape index (κ1) is 15.1. The predicted molar refractivity (Wildman–Crippen MR) is 83.9 cm³/mol. The second-order valence-corrected chi connectivity index (χ2v) is 6.04. The molecule has 0 spiro atoms. The van der Waals surface area contributed by atoms with Crippen LogP contribution in [0.2, 0.25) is 0 Å². The van der Waals surface area contributed by atoms with Crippen LogP contribution < -0.4 is 10.5 Å². The summed E-state index contributed by atoms with van der Waals surface area (Å²) < 4.78 is 12.6. The van der Waals surface area contributed by atoms with Crippen molar-refractivity contribution in [3.8, 4) is 5.75 Å². The minimum absolute atomic E-state index is 0.403. The van der Waals surface area contributed by atoms with Crippen molar-refractivity contribution in [1.82, 2.24) is 0 Å². The van der Waals surface area contributed by atoms with E-state index in [-0.39, 0.29) is 0 Å². The number of hydrogen-bond acceptors (Lipinski definition) is 3. The lowest BCUT2D eigenvalue weighted by Crippen LogP contribution is -1.99. The van der Waals surface area contributed by atoms with Crippen LogP contribution in [-0.2, 0) is 13.2 Å². The van der Waals surface area contributed by atoms with Gasteiger partial charge in [0.15, 0.2) is 0 Å². The molecule has 0 aliphatic heterocycles. The molecule has 0 unspecified atom stereocenters. The largest absolute Gasteiger partial charge is 0.485 e. The summed E-state index contributed by atoms with van der Waals surface area (Å²) >= 11 is 3.49. The summed E-state index contributed by atoms with van der Waals surface area (Å²) in [7, 11) is 0. The second-order valence-electron chi connectivity index (χ2n) is 5.12. The molecule has 0 aliphatic carbocycles. The Labute approximate surface area is 128 Å². The summed E-state index contributed by atoms with van der Waals surface area (Å²) in [6.07, 6.45) is 0. The van der Waals surface area contributed by atoms with Crippen molar-refractivity contribution in [2.75, 3.05) is 0 Å². The lowest BCUT2D eigenvalue weighted by molar-refractivity contribution is 0.264. The highest BCUT2D eigenvalue weighted by molar-refractivity contribution is 9.10. The van der Waals surface area contributed by atoms with Crippen LogP contribution in [0.3, 0.4) is 0 Å². The van der Waals surface area contributed by atoms with Crippen molar-refractivity contribution in [2.45, 2.75) is 39.8 Å². The van der Waals surface area contributed by atoms with Gasteiger partial charge in [0.1, 0.15) is 23.9 Å². The van der Waals surface area contributed by atoms with E-state index in [0.29, 0.717) is 19.1 Å². The summed E-state index contributed by atoms with van der Waals surface area (Å²) in [6.45, 7) is 7.13. The second kappa shape index (κ2) is 6.46. The first-order chi connectivity index (χ1) is 9.51. The van der Waals surface area contributed by atoms with Crippen molar-refractivity contribution in [3.63, 3.8) is 0 Å².